The molecule has 1 N–H and O–H groups in total. The van der Waals surface area contributed by atoms with Gasteiger partial charge < -0.3 is 5.11 Å². The van der Waals surface area contributed by atoms with E-state index in [4.69, 9.17) is 0 Å². The molecule has 1 fully saturated rings. The Hall–Kier alpha value is -0.970. The summed E-state index contributed by atoms with van der Waals surface area (Å²) < 4.78 is 26.7. The van der Waals surface area contributed by atoms with Crippen molar-refractivity contribution >= 4 is 21.9 Å². The Bertz CT molecular complexity index is 468. The van der Waals surface area contributed by atoms with E-state index in [0.29, 0.717) is 12.8 Å². The van der Waals surface area contributed by atoms with E-state index in [1.165, 1.54) is 0 Å². The zero-order valence-electron chi connectivity index (χ0n) is 8.97. The van der Waals surface area contributed by atoms with Gasteiger partial charge in [-0.05, 0) is 40.4 Å². The van der Waals surface area contributed by atoms with Gasteiger partial charge in [0, 0.05) is 6.07 Å². The molecule has 0 heterocycles. The maximum atomic E-state index is 13.4. The van der Waals surface area contributed by atoms with Gasteiger partial charge in [-0.25, -0.2) is 8.78 Å². The van der Waals surface area contributed by atoms with E-state index in [1.807, 2.05) is 0 Å². The molecule has 0 radical (unpaired) electrons. The van der Waals surface area contributed by atoms with Gasteiger partial charge in [-0.15, -0.1) is 0 Å². The SMILES string of the molecule is O=C(O)C1(c2cc(F)cc(F)c2Br)CCCC1. The van der Waals surface area contributed by atoms with E-state index in [-0.39, 0.29) is 10.0 Å². The molecule has 0 unspecified atom stereocenters. The molecule has 0 saturated heterocycles. The molecule has 1 aromatic rings. The van der Waals surface area contributed by atoms with Gasteiger partial charge in [0.25, 0.3) is 0 Å². The summed E-state index contributed by atoms with van der Waals surface area (Å²) in [5, 5.41) is 9.36. The van der Waals surface area contributed by atoms with Crippen LogP contribution in [-0.4, -0.2) is 11.1 Å². The monoisotopic (exact) mass is 304 g/mol. The Labute approximate surface area is 106 Å². The summed E-state index contributed by atoms with van der Waals surface area (Å²) in [6.07, 6.45) is 2.36. The van der Waals surface area contributed by atoms with Crippen LogP contribution in [-0.2, 0) is 10.2 Å². The van der Waals surface area contributed by atoms with Crippen LogP contribution in [0, 0.1) is 11.6 Å². The van der Waals surface area contributed by atoms with Crippen molar-refractivity contribution in [2.75, 3.05) is 0 Å². The topological polar surface area (TPSA) is 37.3 Å². The quantitative estimate of drug-likeness (QED) is 0.847. The zero-order chi connectivity index (χ0) is 12.6. The van der Waals surface area contributed by atoms with Crippen LogP contribution >= 0.6 is 15.9 Å². The van der Waals surface area contributed by atoms with Crippen molar-refractivity contribution in [3.63, 3.8) is 0 Å². The zero-order valence-corrected chi connectivity index (χ0v) is 10.6. The lowest BCUT2D eigenvalue weighted by Crippen LogP contribution is -2.33. The minimum Gasteiger partial charge on any atom is -0.481 e. The van der Waals surface area contributed by atoms with Gasteiger partial charge in [-0.3, -0.25) is 4.79 Å². The summed E-state index contributed by atoms with van der Waals surface area (Å²) in [4.78, 5) is 11.4. The first kappa shape index (κ1) is 12.5. The second kappa shape index (κ2) is 4.37. The number of benzene rings is 1. The van der Waals surface area contributed by atoms with Crippen LogP contribution in [0.25, 0.3) is 0 Å². The van der Waals surface area contributed by atoms with Crippen molar-refractivity contribution in [2.45, 2.75) is 31.1 Å². The molecule has 0 aliphatic heterocycles. The lowest BCUT2D eigenvalue weighted by Gasteiger charge is -2.25. The van der Waals surface area contributed by atoms with Gasteiger partial charge in [0.15, 0.2) is 0 Å². The molecule has 0 aromatic heterocycles. The van der Waals surface area contributed by atoms with Gasteiger partial charge in [0.1, 0.15) is 11.6 Å². The molecular weight excluding hydrogens is 294 g/mol. The fourth-order valence-corrected chi connectivity index (χ4v) is 3.09. The molecular formula is C12H11BrF2O2. The number of hydrogen-bond acceptors (Lipinski definition) is 1. The Balaban J connectivity index is 2.62. The van der Waals surface area contributed by atoms with Gasteiger partial charge in [0.2, 0.25) is 0 Å². The highest BCUT2D eigenvalue weighted by molar-refractivity contribution is 9.10. The number of halogens is 3. The molecule has 0 bridgehead atoms. The van der Waals surface area contributed by atoms with Crippen molar-refractivity contribution in [1.29, 1.82) is 0 Å². The predicted octanol–water partition coefficient (Wildman–Crippen LogP) is 3.62. The first-order valence-electron chi connectivity index (χ1n) is 5.36. The minimum absolute atomic E-state index is 0.0585. The largest absolute Gasteiger partial charge is 0.481 e. The molecule has 1 aromatic carbocycles. The Morgan fingerprint density at radius 1 is 1.29 bits per heavy atom. The number of carbonyl (C=O) groups is 1. The molecule has 1 aliphatic rings. The molecule has 17 heavy (non-hydrogen) atoms. The Morgan fingerprint density at radius 3 is 2.41 bits per heavy atom. The summed E-state index contributed by atoms with van der Waals surface area (Å²) in [7, 11) is 0. The third-order valence-electron chi connectivity index (χ3n) is 3.38. The van der Waals surface area contributed by atoms with Crippen LogP contribution in [0.15, 0.2) is 16.6 Å². The van der Waals surface area contributed by atoms with E-state index in [2.05, 4.69) is 15.9 Å². The first-order valence-corrected chi connectivity index (χ1v) is 6.15. The van der Waals surface area contributed by atoms with Crippen LogP contribution < -0.4 is 0 Å². The molecule has 1 aliphatic carbocycles. The Morgan fingerprint density at radius 2 is 1.88 bits per heavy atom. The standard InChI is InChI=1S/C12H11BrF2O2/c13-10-8(5-7(14)6-9(10)15)12(11(16)17)3-1-2-4-12/h5-6H,1-4H2,(H,16,17). The van der Waals surface area contributed by atoms with Gasteiger partial charge in [-0.1, -0.05) is 12.8 Å². The highest BCUT2D eigenvalue weighted by Crippen LogP contribution is 2.44. The lowest BCUT2D eigenvalue weighted by molar-refractivity contribution is -0.143. The van der Waals surface area contributed by atoms with Crippen molar-refractivity contribution in [3.8, 4) is 0 Å². The van der Waals surface area contributed by atoms with E-state index in [1.54, 1.807) is 0 Å². The van der Waals surface area contributed by atoms with Crippen LogP contribution in [0.1, 0.15) is 31.2 Å². The lowest BCUT2D eigenvalue weighted by atomic mass is 9.79. The van der Waals surface area contributed by atoms with Crippen molar-refractivity contribution in [3.05, 3.63) is 33.8 Å². The van der Waals surface area contributed by atoms with E-state index in [0.717, 1.165) is 25.0 Å². The summed E-state index contributed by atoms with van der Waals surface area (Å²) in [5.74, 6) is -2.51. The van der Waals surface area contributed by atoms with E-state index in [9.17, 15) is 18.7 Å². The number of carboxylic acids is 1. The molecule has 5 heteroatoms. The van der Waals surface area contributed by atoms with Crippen LogP contribution in [0.3, 0.4) is 0 Å². The maximum Gasteiger partial charge on any atom is 0.314 e. The highest BCUT2D eigenvalue weighted by Gasteiger charge is 2.44. The fraction of sp³-hybridized carbons (Fsp3) is 0.417. The van der Waals surface area contributed by atoms with Crippen molar-refractivity contribution in [1.82, 2.24) is 0 Å². The summed E-state index contributed by atoms with van der Waals surface area (Å²) >= 11 is 3.02. The molecule has 0 amide bonds. The van der Waals surface area contributed by atoms with Crippen molar-refractivity contribution in [2.24, 2.45) is 0 Å². The molecule has 2 nitrogen and oxygen atoms in total. The minimum atomic E-state index is -1.15. The third-order valence-corrected chi connectivity index (χ3v) is 4.18. The van der Waals surface area contributed by atoms with E-state index < -0.39 is 23.0 Å². The number of hydrogen-bond donors (Lipinski definition) is 1. The average molecular weight is 305 g/mol. The molecule has 2 rings (SSSR count). The fourth-order valence-electron chi connectivity index (χ4n) is 2.48. The van der Waals surface area contributed by atoms with Crippen LogP contribution in [0.2, 0.25) is 0 Å². The maximum absolute atomic E-state index is 13.4. The Kier molecular flexibility index (Phi) is 3.21. The van der Waals surface area contributed by atoms with E-state index >= 15 is 0 Å². The smallest absolute Gasteiger partial charge is 0.314 e. The normalized spacial score (nSPS) is 18.3. The molecule has 0 spiro atoms. The number of aliphatic carboxylic acids is 1. The van der Waals surface area contributed by atoms with Gasteiger partial charge in [0.05, 0.1) is 9.89 Å². The molecule has 1 saturated carbocycles. The third kappa shape index (κ3) is 1.97. The number of rotatable bonds is 2. The van der Waals surface area contributed by atoms with Gasteiger partial charge in [-0.2, -0.15) is 0 Å². The second-order valence-corrected chi connectivity index (χ2v) is 5.14. The summed E-state index contributed by atoms with van der Waals surface area (Å²) in [6, 6.07) is 1.87. The van der Waals surface area contributed by atoms with Crippen molar-refractivity contribution < 1.29 is 18.7 Å². The highest BCUT2D eigenvalue weighted by atomic mass is 79.9. The predicted molar refractivity (Wildman–Crippen MR) is 61.8 cm³/mol. The summed E-state index contributed by atoms with van der Waals surface area (Å²) in [5.41, 5.74) is -0.943. The van der Waals surface area contributed by atoms with Crippen LogP contribution in [0.5, 0.6) is 0 Å². The molecule has 0 atom stereocenters. The second-order valence-electron chi connectivity index (χ2n) is 4.34. The van der Waals surface area contributed by atoms with Crippen LogP contribution in [0.4, 0.5) is 8.78 Å². The first-order chi connectivity index (χ1) is 7.97. The molecule has 92 valence electrons. The average Bonchev–Trinajstić information content (AvgIpc) is 2.73. The van der Waals surface area contributed by atoms with Gasteiger partial charge >= 0.3 is 5.97 Å². The number of carboxylic acid groups (broad SMARTS) is 1. The summed E-state index contributed by atoms with van der Waals surface area (Å²) in [6.45, 7) is 0.